The lowest BCUT2D eigenvalue weighted by Crippen LogP contribution is -2.02. The highest BCUT2D eigenvalue weighted by Crippen LogP contribution is 2.25. The van der Waals surface area contributed by atoms with Gasteiger partial charge in [0.1, 0.15) is 5.82 Å². The molecule has 0 saturated carbocycles. The number of rotatable bonds is 3. The average Bonchev–Trinajstić information content (AvgIpc) is 2.36. The number of benzene rings is 1. The molecule has 0 fully saturated rings. The van der Waals surface area contributed by atoms with Crippen molar-refractivity contribution in [3.8, 4) is 11.3 Å². The summed E-state index contributed by atoms with van der Waals surface area (Å²) in [6, 6.07) is 8.53. The SMILES string of the molecule is Cc1c(N)nnc(-c2cccc(CC(C)C)c2)c1C. The van der Waals surface area contributed by atoms with Gasteiger partial charge in [-0.05, 0) is 48.9 Å². The summed E-state index contributed by atoms with van der Waals surface area (Å²) in [5.74, 6) is 1.16. The van der Waals surface area contributed by atoms with Gasteiger partial charge in [-0.15, -0.1) is 10.2 Å². The van der Waals surface area contributed by atoms with Crippen LogP contribution in [-0.2, 0) is 6.42 Å². The van der Waals surface area contributed by atoms with Crippen LogP contribution >= 0.6 is 0 Å². The first-order chi connectivity index (χ1) is 8.99. The number of hydrogen-bond donors (Lipinski definition) is 1. The fraction of sp³-hybridized carbons (Fsp3) is 0.375. The topological polar surface area (TPSA) is 51.8 Å². The predicted octanol–water partition coefficient (Wildman–Crippen LogP) is 3.54. The molecule has 2 rings (SSSR count). The minimum Gasteiger partial charge on any atom is -0.382 e. The largest absolute Gasteiger partial charge is 0.382 e. The third-order valence-corrected chi connectivity index (χ3v) is 3.40. The fourth-order valence-electron chi connectivity index (χ4n) is 2.21. The van der Waals surface area contributed by atoms with Crippen molar-refractivity contribution in [2.45, 2.75) is 34.1 Å². The zero-order valence-corrected chi connectivity index (χ0v) is 12.1. The van der Waals surface area contributed by atoms with Gasteiger partial charge in [0, 0.05) is 5.56 Å². The zero-order chi connectivity index (χ0) is 14.0. The van der Waals surface area contributed by atoms with Crippen molar-refractivity contribution in [3.05, 3.63) is 41.0 Å². The molecule has 0 unspecified atom stereocenters. The molecule has 0 bridgehead atoms. The maximum atomic E-state index is 5.79. The molecule has 0 saturated heterocycles. The number of nitrogen functional groups attached to an aromatic ring is 1. The van der Waals surface area contributed by atoms with Crippen molar-refractivity contribution < 1.29 is 0 Å². The second kappa shape index (κ2) is 5.39. The summed E-state index contributed by atoms with van der Waals surface area (Å²) in [5.41, 5.74) is 11.3. The van der Waals surface area contributed by atoms with Crippen LogP contribution in [0.1, 0.15) is 30.5 Å². The first-order valence-corrected chi connectivity index (χ1v) is 6.67. The molecule has 19 heavy (non-hydrogen) atoms. The molecule has 2 N–H and O–H groups in total. The normalized spacial score (nSPS) is 11.0. The van der Waals surface area contributed by atoms with Crippen molar-refractivity contribution >= 4 is 5.82 Å². The molecule has 1 heterocycles. The summed E-state index contributed by atoms with van der Waals surface area (Å²) in [7, 11) is 0. The Balaban J connectivity index is 2.45. The molecular formula is C16H21N3. The number of hydrogen-bond acceptors (Lipinski definition) is 3. The minimum absolute atomic E-state index is 0.514. The quantitative estimate of drug-likeness (QED) is 0.912. The summed E-state index contributed by atoms with van der Waals surface area (Å²) >= 11 is 0. The third-order valence-electron chi connectivity index (χ3n) is 3.40. The van der Waals surface area contributed by atoms with Gasteiger partial charge in [0.15, 0.2) is 0 Å². The first kappa shape index (κ1) is 13.5. The van der Waals surface area contributed by atoms with Crippen LogP contribution < -0.4 is 5.73 Å². The lowest BCUT2D eigenvalue weighted by Gasteiger charge is -2.11. The van der Waals surface area contributed by atoms with Crippen molar-refractivity contribution in [3.63, 3.8) is 0 Å². The Morgan fingerprint density at radius 3 is 2.53 bits per heavy atom. The van der Waals surface area contributed by atoms with E-state index in [1.54, 1.807) is 0 Å². The van der Waals surface area contributed by atoms with Gasteiger partial charge in [-0.2, -0.15) is 0 Å². The Bertz CT molecular complexity index is 589. The smallest absolute Gasteiger partial charge is 0.149 e. The number of anilines is 1. The monoisotopic (exact) mass is 255 g/mol. The van der Waals surface area contributed by atoms with Crippen LogP contribution in [0.15, 0.2) is 24.3 Å². The molecule has 0 aliphatic carbocycles. The van der Waals surface area contributed by atoms with E-state index in [9.17, 15) is 0 Å². The Morgan fingerprint density at radius 1 is 1.11 bits per heavy atom. The summed E-state index contributed by atoms with van der Waals surface area (Å²) in [5, 5.41) is 8.29. The second-order valence-corrected chi connectivity index (χ2v) is 5.48. The van der Waals surface area contributed by atoms with Crippen LogP contribution in [0, 0.1) is 19.8 Å². The number of nitrogens with two attached hydrogens (primary N) is 1. The molecule has 0 aliphatic rings. The van der Waals surface area contributed by atoms with Crippen LogP contribution in [0.2, 0.25) is 0 Å². The molecule has 3 heteroatoms. The van der Waals surface area contributed by atoms with Gasteiger partial charge in [-0.25, -0.2) is 0 Å². The first-order valence-electron chi connectivity index (χ1n) is 6.67. The van der Waals surface area contributed by atoms with Crippen molar-refractivity contribution in [1.82, 2.24) is 10.2 Å². The van der Waals surface area contributed by atoms with E-state index in [-0.39, 0.29) is 0 Å². The molecule has 1 aromatic carbocycles. The summed E-state index contributed by atoms with van der Waals surface area (Å²) in [4.78, 5) is 0. The molecule has 2 aromatic rings. The molecule has 0 amide bonds. The molecule has 0 atom stereocenters. The van der Waals surface area contributed by atoms with Crippen molar-refractivity contribution in [2.24, 2.45) is 5.92 Å². The maximum absolute atomic E-state index is 5.79. The molecular weight excluding hydrogens is 234 g/mol. The standard InChI is InChI=1S/C16H21N3/c1-10(2)8-13-6-5-7-14(9-13)15-11(3)12(4)16(17)19-18-15/h5-7,9-10H,8H2,1-4H3,(H2,17,19). The van der Waals surface area contributed by atoms with Crippen LogP contribution in [0.3, 0.4) is 0 Å². The Labute approximate surface area is 114 Å². The predicted molar refractivity (Wildman–Crippen MR) is 79.9 cm³/mol. The van der Waals surface area contributed by atoms with Crippen molar-refractivity contribution in [1.29, 1.82) is 0 Å². The van der Waals surface area contributed by atoms with Gasteiger partial charge in [0.05, 0.1) is 5.69 Å². The minimum atomic E-state index is 0.514. The van der Waals surface area contributed by atoms with E-state index in [0.29, 0.717) is 11.7 Å². The average molecular weight is 255 g/mol. The van der Waals surface area contributed by atoms with Gasteiger partial charge >= 0.3 is 0 Å². The fourth-order valence-corrected chi connectivity index (χ4v) is 2.21. The Morgan fingerprint density at radius 2 is 1.84 bits per heavy atom. The van der Waals surface area contributed by atoms with E-state index in [4.69, 9.17) is 5.73 Å². The van der Waals surface area contributed by atoms with E-state index >= 15 is 0 Å². The highest BCUT2D eigenvalue weighted by Gasteiger charge is 2.10. The molecule has 1 aromatic heterocycles. The Hall–Kier alpha value is -1.90. The lowest BCUT2D eigenvalue weighted by molar-refractivity contribution is 0.647. The van der Waals surface area contributed by atoms with Crippen LogP contribution in [-0.4, -0.2) is 10.2 Å². The van der Waals surface area contributed by atoms with E-state index in [1.165, 1.54) is 5.56 Å². The number of aromatic nitrogens is 2. The number of nitrogens with zero attached hydrogens (tertiary/aromatic N) is 2. The zero-order valence-electron chi connectivity index (χ0n) is 12.1. The highest BCUT2D eigenvalue weighted by molar-refractivity contribution is 5.66. The highest BCUT2D eigenvalue weighted by atomic mass is 15.1. The molecule has 0 spiro atoms. The van der Waals surface area contributed by atoms with Crippen LogP contribution in [0.25, 0.3) is 11.3 Å². The molecule has 100 valence electrons. The van der Waals surface area contributed by atoms with Gasteiger partial charge < -0.3 is 5.73 Å². The van der Waals surface area contributed by atoms with Crippen LogP contribution in [0.5, 0.6) is 0 Å². The summed E-state index contributed by atoms with van der Waals surface area (Å²) < 4.78 is 0. The van der Waals surface area contributed by atoms with Gasteiger partial charge in [-0.3, -0.25) is 0 Å². The Kier molecular flexibility index (Phi) is 3.84. The van der Waals surface area contributed by atoms with Gasteiger partial charge in [-0.1, -0.05) is 32.0 Å². The maximum Gasteiger partial charge on any atom is 0.149 e. The van der Waals surface area contributed by atoms with E-state index in [2.05, 4.69) is 48.3 Å². The van der Waals surface area contributed by atoms with Gasteiger partial charge in [0.25, 0.3) is 0 Å². The van der Waals surface area contributed by atoms with E-state index in [0.717, 1.165) is 28.8 Å². The van der Waals surface area contributed by atoms with Gasteiger partial charge in [0.2, 0.25) is 0 Å². The van der Waals surface area contributed by atoms with Crippen LogP contribution in [0.4, 0.5) is 5.82 Å². The van der Waals surface area contributed by atoms with E-state index < -0.39 is 0 Å². The second-order valence-electron chi connectivity index (χ2n) is 5.48. The van der Waals surface area contributed by atoms with E-state index in [1.807, 2.05) is 13.8 Å². The molecule has 3 nitrogen and oxygen atoms in total. The van der Waals surface area contributed by atoms with Crippen molar-refractivity contribution in [2.75, 3.05) is 5.73 Å². The summed E-state index contributed by atoms with van der Waals surface area (Å²) in [6.07, 6.45) is 1.08. The molecule has 0 aliphatic heterocycles. The summed E-state index contributed by atoms with van der Waals surface area (Å²) in [6.45, 7) is 8.49. The lowest BCUT2D eigenvalue weighted by atomic mass is 9.98. The third kappa shape index (κ3) is 2.92. The molecule has 0 radical (unpaired) electrons.